The molecule has 30 heavy (non-hydrogen) atoms. The van der Waals surface area contributed by atoms with Crippen LogP contribution in [0.15, 0.2) is 30.5 Å². The number of carbonyl (C=O) groups is 1. The summed E-state index contributed by atoms with van der Waals surface area (Å²) in [5, 5.41) is 9.46. The van der Waals surface area contributed by atoms with Crippen molar-refractivity contribution in [1.82, 2.24) is 9.88 Å². The molecule has 0 spiro atoms. The Morgan fingerprint density at radius 2 is 1.97 bits per heavy atom. The minimum absolute atomic E-state index is 0.0331. The van der Waals surface area contributed by atoms with Crippen molar-refractivity contribution in [1.29, 1.82) is 0 Å². The van der Waals surface area contributed by atoms with Gasteiger partial charge in [-0.25, -0.2) is 9.78 Å². The van der Waals surface area contributed by atoms with Gasteiger partial charge >= 0.3 is 18.8 Å². The van der Waals surface area contributed by atoms with E-state index in [4.69, 9.17) is 5.11 Å². The molecule has 0 amide bonds. The molecule has 0 saturated carbocycles. The molecular weight excluding hydrogens is 433 g/mol. The number of alkyl halides is 5. The third kappa shape index (κ3) is 5.64. The maximum absolute atomic E-state index is 12.7. The number of piperazine rings is 1. The molecule has 1 N–H and O–H groups in total. The maximum Gasteiger partial charge on any atom is 0.416 e. The Balaban J connectivity index is 1.69. The molecule has 1 aliphatic heterocycles. The van der Waals surface area contributed by atoms with Crippen molar-refractivity contribution >= 4 is 22.4 Å². The predicted molar refractivity (Wildman–Crippen MR) is 98.9 cm³/mol. The Bertz CT molecular complexity index is 859. The van der Waals surface area contributed by atoms with Crippen molar-refractivity contribution in [2.45, 2.75) is 25.4 Å². The number of anilines is 1. The average molecular weight is 451 g/mol. The van der Waals surface area contributed by atoms with Crippen LogP contribution in [-0.4, -0.2) is 59.9 Å². The second-order valence-corrected chi connectivity index (χ2v) is 7.69. The lowest BCUT2D eigenvalue weighted by Gasteiger charge is -2.41. The molecular formula is C18H18F5N3O3S. The Labute approximate surface area is 172 Å². The molecule has 1 aromatic carbocycles. The highest BCUT2D eigenvalue weighted by Gasteiger charge is 2.32. The predicted octanol–water partition coefficient (Wildman–Crippen LogP) is 3.79. The van der Waals surface area contributed by atoms with E-state index in [1.54, 1.807) is 4.90 Å². The van der Waals surface area contributed by atoms with Crippen LogP contribution >= 0.6 is 11.3 Å². The topological polar surface area (TPSA) is 65.9 Å². The molecule has 1 saturated heterocycles. The molecule has 2 aromatic rings. The minimum Gasteiger partial charge on any atom is -0.477 e. The first-order chi connectivity index (χ1) is 14.1. The van der Waals surface area contributed by atoms with Gasteiger partial charge in [0.15, 0.2) is 5.13 Å². The number of rotatable bonds is 7. The van der Waals surface area contributed by atoms with Gasteiger partial charge in [-0.05, 0) is 17.7 Å². The van der Waals surface area contributed by atoms with E-state index in [1.807, 2.05) is 4.90 Å². The van der Waals surface area contributed by atoms with Gasteiger partial charge < -0.3 is 14.7 Å². The maximum atomic E-state index is 12.7. The fourth-order valence-corrected chi connectivity index (χ4v) is 4.05. The van der Waals surface area contributed by atoms with Crippen LogP contribution in [0, 0.1) is 0 Å². The number of ether oxygens (including phenoxy) is 1. The van der Waals surface area contributed by atoms with E-state index in [1.165, 1.54) is 18.3 Å². The zero-order valence-corrected chi connectivity index (χ0v) is 16.3. The Kier molecular flexibility index (Phi) is 6.88. The largest absolute Gasteiger partial charge is 0.477 e. The summed E-state index contributed by atoms with van der Waals surface area (Å²) in [7, 11) is 0. The van der Waals surface area contributed by atoms with Gasteiger partial charge in [-0.15, -0.1) is 0 Å². The van der Waals surface area contributed by atoms with Crippen LogP contribution in [0.2, 0.25) is 0 Å². The van der Waals surface area contributed by atoms with Crippen LogP contribution < -0.4 is 4.90 Å². The van der Waals surface area contributed by atoms with Crippen LogP contribution in [-0.2, 0) is 17.5 Å². The Hall–Kier alpha value is -2.31. The van der Waals surface area contributed by atoms with Gasteiger partial charge in [-0.3, -0.25) is 4.90 Å². The van der Waals surface area contributed by atoms with Gasteiger partial charge in [0.25, 0.3) is 0 Å². The van der Waals surface area contributed by atoms with Gasteiger partial charge in [0.05, 0.1) is 24.4 Å². The summed E-state index contributed by atoms with van der Waals surface area (Å²) in [6.45, 7) is -1.74. The number of aromatic carboxylic acids is 1. The van der Waals surface area contributed by atoms with E-state index in [0.717, 1.165) is 23.5 Å². The van der Waals surface area contributed by atoms with Gasteiger partial charge in [0.2, 0.25) is 0 Å². The van der Waals surface area contributed by atoms with Crippen molar-refractivity contribution in [3.8, 4) is 0 Å². The highest BCUT2D eigenvalue weighted by atomic mass is 32.1. The molecule has 164 valence electrons. The number of nitrogens with zero attached hydrogens (tertiary/aromatic N) is 3. The first-order valence-corrected chi connectivity index (χ1v) is 9.69. The van der Waals surface area contributed by atoms with Crippen molar-refractivity contribution in [3.05, 3.63) is 46.5 Å². The highest BCUT2D eigenvalue weighted by molar-refractivity contribution is 7.17. The monoisotopic (exact) mass is 451 g/mol. The number of halogens is 5. The zero-order chi connectivity index (χ0) is 21.9. The second kappa shape index (κ2) is 9.23. The first-order valence-electron chi connectivity index (χ1n) is 8.87. The summed E-state index contributed by atoms with van der Waals surface area (Å²) in [6, 6.07) is 4.27. The van der Waals surface area contributed by atoms with Crippen molar-refractivity contribution in [2.24, 2.45) is 0 Å². The van der Waals surface area contributed by atoms with Gasteiger partial charge in [-0.2, -0.15) is 22.0 Å². The smallest absolute Gasteiger partial charge is 0.416 e. The van der Waals surface area contributed by atoms with E-state index in [9.17, 15) is 26.7 Å². The normalized spacial score (nSPS) is 18.2. The number of hydrogen-bond donors (Lipinski definition) is 1. The van der Waals surface area contributed by atoms with E-state index in [2.05, 4.69) is 9.72 Å². The molecule has 12 heteroatoms. The summed E-state index contributed by atoms with van der Waals surface area (Å²) in [5.41, 5.74) is -0.0790. The molecule has 0 aliphatic carbocycles. The number of carboxylic acids is 1. The van der Waals surface area contributed by atoms with Crippen LogP contribution in [0.5, 0.6) is 0 Å². The molecule has 6 nitrogen and oxygen atoms in total. The molecule has 0 radical (unpaired) electrons. The molecule has 2 heterocycles. The van der Waals surface area contributed by atoms with Gasteiger partial charge in [-0.1, -0.05) is 23.5 Å². The number of thiazole rings is 1. The van der Waals surface area contributed by atoms with Crippen LogP contribution in [0.25, 0.3) is 0 Å². The first kappa shape index (κ1) is 22.4. The summed E-state index contributed by atoms with van der Waals surface area (Å²) in [5.74, 6) is -1.12. The number of aromatic nitrogens is 1. The lowest BCUT2D eigenvalue weighted by atomic mass is 10.1. The molecule has 0 bridgehead atoms. The summed E-state index contributed by atoms with van der Waals surface area (Å²) in [4.78, 5) is 18.8. The second-order valence-electron chi connectivity index (χ2n) is 6.68. The number of hydrogen-bond acceptors (Lipinski definition) is 6. The summed E-state index contributed by atoms with van der Waals surface area (Å²) in [6.07, 6.45) is -3.20. The molecule has 3 rings (SSSR count). The fourth-order valence-electron chi connectivity index (χ4n) is 3.20. The number of carboxylic acid groups (broad SMARTS) is 1. The van der Waals surface area contributed by atoms with E-state index in [-0.39, 0.29) is 11.5 Å². The molecule has 1 atom stereocenters. The standard InChI is InChI=1S/C18H18F5N3O3S/c19-16(20)29-10-13-9-25(8-11-1-3-12(4-2-11)18(21,22)23)5-6-26(13)17-24-7-14(30-17)15(27)28/h1-4,7,13,16H,5-6,8-10H2,(H,27,28)/t13-/m0/s1. The average Bonchev–Trinajstić information content (AvgIpc) is 3.16. The SMILES string of the molecule is O=C(O)c1cnc(N2CCN(Cc3ccc(C(F)(F)F)cc3)C[C@H]2COC(F)F)s1. The molecule has 0 unspecified atom stereocenters. The van der Waals surface area contributed by atoms with E-state index < -0.39 is 30.4 Å². The third-order valence-electron chi connectivity index (χ3n) is 4.62. The van der Waals surface area contributed by atoms with Crippen LogP contribution in [0.3, 0.4) is 0 Å². The zero-order valence-electron chi connectivity index (χ0n) is 15.5. The van der Waals surface area contributed by atoms with Crippen LogP contribution in [0.4, 0.5) is 27.1 Å². The highest BCUT2D eigenvalue weighted by Crippen LogP contribution is 2.30. The summed E-state index contributed by atoms with van der Waals surface area (Å²) >= 11 is 0.942. The fraction of sp³-hybridized carbons (Fsp3) is 0.444. The van der Waals surface area contributed by atoms with Gasteiger partial charge in [0.1, 0.15) is 4.88 Å². The third-order valence-corrected chi connectivity index (χ3v) is 5.64. The molecule has 1 fully saturated rings. The quantitative estimate of drug-likeness (QED) is 0.647. The van der Waals surface area contributed by atoms with Crippen molar-refractivity contribution < 1.29 is 36.6 Å². The minimum atomic E-state index is -4.41. The lowest BCUT2D eigenvalue weighted by Crippen LogP contribution is -2.55. The molecule has 1 aromatic heterocycles. The lowest BCUT2D eigenvalue weighted by molar-refractivity contribution is -0.137. The van der Waals surface area contributed by atoms with Crippen LogP contribution in [0.1, 0.15) is 20.8 Å². The summed E-state index contributed by atoms with van der Waals surface area (Å²) < 4.78 is 67.7. The Morgan fingerprint density at radius 3 is 2.53 bits per heavy atom. The Morgan fingerprint density at radius 1 is 1.27 bits per heavy atom. The number of benzene rings is 1. The van der Waals surface area contributed by atoms with Crippen molar-refractivity contribution in [2.75, 3.05) is 31.1 Å². The molecule has 1 aliphatic rings. The van der Waals surface area contributed by atoms with E-state index in [0.29, 0.717) is 36.9 Å². The van der Waals surface area contributed by atoms with Crippen molar-refractivity contribution in [3.63, 3.8) is 0 Å². The van der Waals surface area contributed by atoms with E-state index >= 15 is 0 Å². The van der Waals surface area contributed by atoms with Gasteiger partial charge in [0, 0.05) is 26.2 Å².